The van der Waals surface area contributed by atoms with E-state index in [2.05, 4.69) is 10.6 Å². The first kappa shape index (κ1) is 14.0. The molecular weight excluding hydrogens is 245 g/mol. The van der Waals surface area contributed by atoms with Crippen molar-refractivity contribution in [2.24, 2.45) is 0 Å². The van der Waals surface area contributed by atoms with Gasteiger partial charge in [-0.05, 0) is 13.0 Å². The number of hydrogen-bond donors (Lipinski definition) is 2. The average molecular weight is 265 g/mol. The van der Waals surface area contributed by atoms with Crippen LogP contribution in [0.4, 0.5) is 4.39 Å². The van der Waals surface area contributed by atoms with Gasteiger partial charge in [0.2, 0.25) is 5.91 Å². The minimum atomic E-state index is -0.256. The van der Waals surface area contributed by atoms with Gasteiger partial charge < -0.3 is 10.6 Å². The number of likely N-dealkylation sites (N-methyl/N-ethyl adjacent to an activating group) is 1. The van der Waals surface area contributed by atoms with Crippen molar-refractivity contribution in [3.63, 3.8) is 0 Å². The van der Waals surface area contributed by atoms with Crippen LogP contribution in [0.25, 0.3) is 0 Å². The summed E-state index contributed by atoms with van der Waals surface area (Å²) in [7, 11) is 1.63. The van der Waals surface area contributed by atoms with Crippen molar-refractivity contribution in [3.05, 3.63) is 35.6 Å². The van der Waals surface area contributed by atoms with E-state index >= 15 is 0 Å². The Bertz CT molecular complexity index is 452. The molecule has 1 amide bonds. The number of amides is 1. The molecule has 1 heterocycles. The number of rotatable bonds is 3. The Morgan fingerprint density at radius 2 is 2.26 bits per heavy atom. The van der Waals surface area contributed by atoms with Crippen molar-refractivity contribution < 1.29 is 9.18 Å². The number of carbonyl (C=O) groups excluding carboxylic acids is 1. The maximum Gasteiger partial charge on any atom is 0.238 e. The minimum absolute atomic E-state index is 0.0320. The molecule has 5 heteroatoms. The number of carbonyl (C=O) groups is 1. The van der Waals surface area contributed by atoms with E-state index in [0.717, 1.165) is 13.1 Å². The van der Waals surface area contributed by atoms with E-state index in [1.165, 1.54) is 6.07 Å². The smallest absolute Gasteiger partial charge is 0.238 e. The van der Waals surface area contributed by atoms with Crippen molar-refractivity contribution in [2.75, 3.05) is 26.7 Å². The van der Waals surface area contributed by atoms with E-state index in [0.29, 0.717) is 12.1 Å². The van der Waals surface area contributed by atoms with Crippen LogP contribution < -0.4 is 10.6 Å². The third-order valence-corrected chi connectivity index (χ3v) is 3.69. The summed E-state index contributed by atoms with van der Waals surface area (Å²) in [6, 6.07) is 6.37. The zero-order valence-electron chi connectivity index (χ0n) is 11.3. The lowest BCUT2D eigenvalue weighted by Crippen LogP contribution is -2.57. The molecule has 4 nitrogen and oxygen atoms in total. The van der Waals surface area contributed by atoms with Crippen LogP contribution in [0.1, 0.15) is 18.5 Å². The van der Waals surface area contributed by atoms with Crippen LogP contribution in [0.2, 0.25) is 0 Å². The summed E-state index contributed by atoms with van der Waals surface area (Å²) in [6.07, 6.45) is 0. The maximum absolute atomic E-state index is 13.9. The Balaban J connectivity index is 2.22. The summed E-state index contributed by atoms with van der Waals surface area (Å²) < 4.78 is 13.9. The molecule has 2 unspecified atom stereocenters. The zero-order valence-corrected chi connectivity index (χ0v) is 11.3. The summed E-state index contributed by atoms with van der Waals surface area (Å²) in [5.74, 6) is -0.250. The van der Waals surface area contributed by atoms with Gasteiger partial charge in [-0.1, -0.05) is 18.2 Å². The number of halogens is 1. The standard InChI is InChI=1S/C14H20FN3O/c1-10(11-5-3-4-6-12(11)15)18-8-7-17-9-13(18)14(19)16-2/h3-6,10,13,17H,7-9H2,1-2H3,(H,16,19). The molecule has 1 fully saturated rings. The molecule has 0 radical (unpaired) electrons. The van der Waals surface area contributed by atoms with Crippen LogP contribution in [0, 0.1) is 5.82 Å². The first-order valence-electron chi connectivity index (χ1n) is 6.57. The van der Waals surface area contributed by atoms with Crippen LogP contribution in [-0.2, 0) is 4.79 Å². The summed E-state index contributed by atoms with van der Waals surface area (Å²) in [6.45, 7) is 4.08. The topological polar surface area (TPSA) is 44.4 Å². The highest BCUT2D eigenvalue weighted by Gasteiger charge is 2.32. The molecule has 2 N–H and O–H groups in total. The molecule has 104 valence electrons. The first-order valence-corrected chi connectivity index (χ1v) is 6.57. The van der Waals surface area contributed by atoms with Crippen molar-refractivity contribution >= 4 is 5.91 Å². The van der Waals surface area contributed by atoms with E-state index in [4.69, 9.17) is 0 Å². The highest BCUT2D eigenvalue weighted by atomic mass is 19.1. The lowest BCUT2D eigenvalue weighted by molar-refractivity contribution is -0.127. The number of nitrogens with zero attached hydrogens (tertiary/aromatic N) is 1. The van der Waals surface area contributed by atoms with Gasteiger partial charge in [-0.3, -0.25) is 9.69 Å². The Labute approximate surface area is 113 Å². The fourth-order valence-electron chi connectivity index (χ4n) is 2.59. The number of piperazine rings is 1. The van der Waals surface area contributed by atoms with Gasteiger partial charge in [-0.15, -0.1) is 0 Å². The molecule has 1 aliphatic rings. The van der Waals surface area contributed by atoms with E-state index in [1.54, 1.807) is 19.2 Å². The molecular formula is C14H20FN3O. The summed E-state index contributed by atoms with van der Waals surface area (Å²) in [5, 5.41) is 5.88. The Morgan fingerprint density at radius 3 is 2.95 bits per heavy atom. The Kier molecular flexibility index (Phi) is 4.50. The monoisotopic (exact) mass is 265 g/mol. The first-order chi connectivity index (χ1) is 9.15. The predicted molar refractivity (Wildman–Crippen MR) is 72.2 cm³/mol. The van der Waals surface area contributed by atoms with Crippen molar-refractivity contribution in [2.45, 2.75) is 19.0 Å². The fourth-order valence-corrected chi connectivity index (χ4v) is 2.59. The third-order valence-electron chi connectivity index (χ3n) is 3.69. The molecule has 0 spiro atoms. The molecule has 0 saturated carbocycles. The van der Waals surface area contributed by atoms with Crippen molar-refractivity contribution in [3.8, 4) is 0 Å². The van der Waals surface area contributed by atoms with Crippen LogP contribution in [0.15, 0.2) is 24.3 Å². The molecule has 1 aromatic carbocycles. The summed E-state index contributed by atoms with van der Waals surface area (Å²) >= 11 is 0. The lowest BCUT2D eigenvalue weighted by Gasteiger charge is -2.39. The zero-order chi connectivity index (χ0) is 13.8. The number of hydrogen-bond acceptors (Lipinski definition) is 3. The van der Waals surface area contributed by atoms with Crippen LogP contribution in [0.3, 0.4) is 0 Å². The van der Waals surface area contributed by atoms with Gasteiger partial charge in [0.05, 0.1) is 0 Å². The Morgan fingerprint density at radius 1 is 1.53 bits per heavy atom. The normalized spacial score (nSPS) is 21.9. The Hall–Kier alpha value is -1.46. The summed E-state index contributed by atoms with van der Waals surface area (Å²) in [5.41, 5.74) is 0.637. The molecule has 0 aliphatic carbocycles. The molecule has 2 rings (SSSR count). The van der Waals surface area contributed by atoms with Gasteiger partial charge in [0.15, 0.2) is 0 Å². The number of benzene rings is 1. The van der Waals surface area contributed by atoms with Crippen LogP contribution >= 0.6 is 0 Å². The predicted octanol–water partition coefficient (Wildman–Crippen LogP) is 0.907. The van der Waals surface area contributed by atoms with E-state index in [-0.39, 0.29) is 23.8 Å². The lowest BCUT2D eigenvalue weighted by atomic mass is 10.0. The SMILES string of the molecule is CNC(=O)C1CNCCN1C(C)c1ccccc1F. The van der Waals surface area contributed by atoms with Gasteiger partial charge in [-0.25, -0.2) is 4.39 Å². The summed E-state index contributed by atoms with van der Waals surface area (Å²) in [4.78, 5) is 14.0. The quantitative estimate of drug-likeness (QED) is 0.853. The fraction of sp³-hybridized carbons (Fsp3) is 0.500. The second kappa shape index (κ2) is 6.12. The molecule has 2 atom stereocenters. The van der Waals surface area contributed by atoms with Crippen LogP contribution in [0.5, 0.6) is 0 Å². The molecule has 1 aliphatic heterocycles. The molecule has 19 heavy (non-hydrogen) atoms. The average Bonchev–Trinajstić information content (AvgIpc) is 2.46. The van der Waals surface area contributed by atoms with E-state index in [9.17, 15) is 9.18 Å². The van der Waals surface area contributed by atoms with Gasteiger partial charge in [-0.2, -0.15) is 0 Å². The van der Waals surface area contributed by atoms with E-state index < -0.39 is 0 Å². The molecule has 1 aromatic rings. The minimum Gasteiger partial charge on any atom is -0.358 e. The second-order valence-corrected chi connectivity index (χ2v) is 4.77. The van der Waals surface area contributed by atoms with Crippen molar-refractivity contribution in [1.29, 1.82) is 0 Å². The second-order valence-electron chi connectivity index (χ2n) is 4.77. The molecule has 0 aromatic heterocycles. The van der Waals surface area contributed by atoms with Gasteiger partial charge in [0.1, 0.15) is 11.9 Å². The van der Waals surface area contributed by atoms with Gasteiger partial charge >= 0.3 is 0 Å². The molecule has 1 saturated heterocycles. The number of nitrogens with one attached hydrogen (secondary N) is 2. The molecule has 0 bridgehead atoms. The van der Waals surface area contributed by atoms with E-state index in [1.807, 2.05) is 17.9 Å². The largest absolute Gasteiger partial charge is 0.358 e. The van der Waals surface area contributed by atoms with Gasteiger partial charge in [0, 0.05) is 38.3 Å². The third kappa shape index (κ3) is 2.93. The van der Waals surface area contributed by atoms with Crippen LogP contribution in [-0.4, -0.2) is 43.5 Å². The highest BCUT2D eigenvalue weighted by Crippen LogP contribution is 2.25. The van der Waals surface area contributed by atoms with Crippen molar-refractivity contribution in [1.82, 2.24) is 15.5 Å². The maximum atomic E-state index is 13.9. The van der Waals surface area contributed by atoms with Gasteiger partial charge in [0.25, 0.3) is 0 Å². The highest BCUT2D eigenvalue weighted by molar-refractivity contribution is 5.81.